The van der Waals surface area contributed by atoms with Gasteiger partial charge in [0.25, 0.3) is 5.91 Å². The highest BCUT2D eigenvalue weighted by Crippen LogP contribution is 2.39. The molecule has 5 nitrogen and oxygen atoms in total. The number of anilines is 1. The smallest absolute Gasteiger partial charge is 0.280 e. The van der Waals surface area contributed by atoms with Crippen molar-refractivity contribution in [2.75, 3.05) is 5.32 Å². The van der Waals surface area contributed by atoms with E-state index in [4.69, 9.17) is 4.84 Å². The fourth-order valence-corrected chi connectivity index (χ4v) is 4.47. The maximum absolute atomic E-state index is 13.3. The Morgan fingerprint density at radius 1 is 1.30 bits per heavy atom. The molecule has 1 N–H and O–H groups in total. The minimum Gasteiger partial charge on any atom is -0.390 e. The number of carbonyl (C=O) groups is 1. The van der Waals surface area contributed by atoms with E-state index in [9.17, 15) is 9.18 Å². The first-order valence-electron chi connectivity index (χ1n) is 9.53. The van der Waals surface area contributed by atoms with E-state index >= 15 is 0 Å². The van der Waals surface area contributed by atoms with E-state index in [1.54, 1.807) is 0 Å². The van der Waals surface area contributed by atoms with Crippen LogP contribution in [0.2, 0.25) is 0 Å². The van der Waals surface area contributed by atoms with E-state index in [1.165, 1.54) is 17.7 Å². The van der Waals surface area contributed by atoms with Crippen LogP contribution in [0.4, 0.5) is 9.52 Å². The molecular weight excluding hydrogens is 421 g/mol. The summed E-state index contributed by atoms with van der Waals surface area (Å²) >= 11 is 2.61. The van der Waals surface area contributed by atoms with Crippen LogP contribution in [-0.2, 0) is 16.2 Å². The van der Waals surface area contributed by atoms with Gasteiger partial charge in [-0.15, -0.1) is 11.8 Å². The standard InChI is InChI=1S/C22H20FN3O2S2/c1-14-11-17(29-16-7-8-16)9-10-18(14)20(21(27)25-22-24-12-19(23)30-22)26-28-13-15-5-3-2-4-6-15/h2-6,9-12,16H,7-8,13H2,1H3,(H,24,25,27)/b26-20+. The van der Waals surface area contributed by atoms with Crippen molar-refractivity contribution in [3.8, 4) is 0 Å². The van der Waals surface area contributed by atoms with Crippen molar-refractivity contribution in [1.29, 1.82) is 0 Å². The number of aryl methyl sites for hydroxylation is 1. The molecule has 154 valence electrons. The van der Waals surface area contributed by atoms with Crippen molar-refractivity contribution in [3.63, 3.8) is 0 Å². The second-order valence-electron chi connectivity index (χ2n) is 6.92. The van der Waals surface area contributed by atoms with Gasteiger partial charge in [0.2, 0.25) is 0 Å². The summed E-state index contributed by atoms with van der Waals surface area (Å²) in [6, 6.07) is 15.5. The van der Waals surface area contributed by atoms with Crippen LogP contribution in [0.1, 0.15) is 29.5 Å². The quantitative estimate of drug-likeness (QED) is 0.375. The van der Waals surface area contributed by atoms with Gasteiger partial charge in [0, 0.05) is 15.7 Å². The van der Waals surface area contributed by atoms with Crippen molar-refractivity contribution in [2.45, 2.75) is 36.5 Å². The van der Waals surface area contributed by atoms with Gasteiger partial charge < -0.3 is 4.84 Å². The number of amides is 1. The molecule has 1 fully saturated rings. The van der Waals surface area contributed by atoms with E-state index in [2.05, 4.69) is 21.5 Å². The average molecular weight is 442 g/mol. The van der Waals surface area contributed by atoms with Gasteiger partial charge in [0.1, 0.15) is 6.61 Å². The number of hydrogen-bond donors (Lipinski definition) is 1. The number of benzene rings is 2. The van der Waals surface area contributed by atoms with Crippen LogP contribution in [-0.4, -0.2) is 21.9 Å². The molecule has 1 aliphatic rings. The number of nitrogens with one attached hydrogen (secondary N) is 1. The molecule has 1 aromatic heterocycles. The molecule has 1 heterocycles. The van der Waals surface area contributed by atoms with E-state index < -0.39 is 11.0 Å². The van der Waals surface area contributed by atoms with Gasteiger partial charge in [-0.05, 0) is 43.0 Å². The topological polar surface area (TPSA) is 63.6 Å². The summed E-state index contributed by atoms with van der Waals surface area (Å²) in [6.07, 6.45) is 3.56. The molecule has 0 atom stereocenters. The lowest BCUT2D eigenvalue weighted by atomic mass is 10.0. The first kappa shape index (κ1) is 20.6. The third-order valence-corrected chi connectivity index (χ3v) is 6.46. The molecular formula is C22H20FN3O2S2. The molecule has 30 heavy (non-hydrogen) atoms. The zero-order valence-corrected chi connectivity index (χ0v) is 17.9. The fourth-order valence-electron chi connectivity index (χ4n) is 2.78. The molecule has 1 aliphatic carbocycles. The molecule has 0 unspecified atom stereocenters. The lowest BCUT2D eigenvalue weighted by molar-refractivity contribution is -0.110. The Hall–Kier alpha value is -2.71. The van der Waals surface area contributed by atoms with Crippen molar-refractivity contribution in [1.82, 2.24) is 4.98 Å². The van der Waals surface area contributed by atoms with Gasteiger partial charge in [-0.25, -0.2) is 4.98 Å². The van der Waals surface area contributed by atoms with Crippen LogP contribution in [0.25, 0.3) is 0 Å². The summed E-state index contributed by atoms with van der Waals surface area (Å²) in [6.45, 7) is 2.17. The Balaban J connectivity index is 1.56. The Morgan fingerprint density at radius 3 is 2.77 bits per heavy atom. The van der Waals surface area contributed by atoms with Crippen LogP contribution in [0.15, 0.2) is 64.8 Å². The molecule has 1 amide bonds. The van der Waals surface area contributed by atoms with E-state index in [0.29, 0.717) is 10.8 Å². The van der Waals surface area contributed by atoms with Crippen LogP contribution < -0.4 is 5.32 Å². The van der Waals surface area contributed by atoms with Crippen molar-refractivity contribution >= 4 is 39.8 Å². The number of carbonyl (C=O) groups excluding carboxylic acids is 1. The van der Waals surface area contributed by atoms with Gasteiger partial charge in [-0.3, -0.25) is 10.1 Å². The molecule has 8 heteroatoms. The second-order valence-corrected chi connectivity index (χ2v) is 9.27. The summed E-state index contributed by atoms with van der Waals surface area (Å²) in [4.78, 5) is 23.4. The number of aromatic nitrogens is 1. The predicted octanol–water partition coefficient (Wildman–Crippen LogP) is 5.40. The summed E-state index contributed by atoms with van der Waals surface area (Å²) in [5.41, 5.74) is 2.65. The number of thiazole rings is 1. The molecule has 0 spiro atoms. The SMILES string of the molecule is Cc1cc(SC2CC2)ccc1/C(=N\OCc1ccccc1)C(=O)Nc1ncc(F)s1. The van der Waals surface area contributed by atoms with Crippen LogP contribution in [0.3, 0.4) is 0 Å². The number of halogens is 1. The van der Waals surface area contributed by atoms with Gasteiger partial charge in [0.05, 0.1) is 6.20 Å². The Bertz CT molecular complexity index is 1070. The largest absolute Gasteiger partial charge is 0.390 e. The zero-order chi connectivity index (χ0) is 20.9. The lowest BCUT2D eigenvalue weighted by Gasteiger charge is -2.11. The van der Waals surface area contributed by atoms with Gasteiger partial charge in [-0.2, -0.15) is 4.39 Å². The van der Waals surface area contributed by atoms with Gasteiger partial charge in [0.15, 0.2) is 16.0 Å². The van der Waals surface area contributed by atoms with Gasteiger partial charge >= 0.3 is 0 Å². The third kappa shape index (κ3) is 5.46. The third-order valence-electron chi connectivity index (χ3n) is 4.42. The zero-order valence-electron chi connectivity index (χ0n) is 16.3. The lowest BCUT2D eigenvalue weighted by Crippen LogP contribution is -2.25. The maximum atomic E-state index is 13.3. The van der Waals surface area contributed by atoms with E-state index in [0.717, 1.165) is 28.7 Å². The second kappa shape index (κ2) is 9.40. The molecule has 4 rings (SSSR count). The highest BCUT2D eigenvalue weighted by molar-refractivity contribution is 8.00. The Morgan fingerprint density at radius 2 is 2.10 bits per heavy atom. The molecule has 3 aromatic rings. The first-order valence-corrected chi connectivity index (χ1v) is 11.2. The minimum absolute atomic E-state index is 0.127. The monoisotopic (exact) mass is 441 g/mol. The Kier molecular flexibility index (Phi) is 6.44. The van der Waals surface area contributed by atoms with Crippen LogP contribution in [0.5, 0.6) is 0 Å². The molecule has 0 aliphatic heterocycles. The summed E-state index contributed by atoms with van der Waals surface area (Å²) in [7, 11) is 0. The summed E-state index contributed by atoms with van der Waals surface area (Å²) < 4.78 is 13.3. The van der Waals surface area contributed by atoms with Crippen molar-refractivity contribution in [2.24, 2.45) is 5.16 Å². The highest BCUT2D eigenvalue weighted by Gasteiger charge is 2.24. The Labute approximate surface area is 182 Å². The first-order chi connectivity index (χ1) is 14.6. The molecule has 1 saturated carbocycles. The van der Waals surface area contributed by atoms with Gasteiger partial charge in [-0.1, -0.05) is 52.9 Å². The molecule has 2 aromatic carbocycles. The van der Waals surface area contributed by atoms with Crippen LogP contribution in [0, 0.1) is 12.1 Å². The van der Waals surface area contributed by atoms with E-state index in [1.807, 2.05) is 61.2 Å². The number of nitrogens with zero attached hydrogens (tertiary/aromatic N) is 2. The van der Waals surface area contributed by atoms with Crippen LogP contribution >= 0.6 is 23.1 Å². The summed E-state index contributed by atoms with van der Waals surface area (Å²) in [5, 5.41) is 7.14. The summed E-state index contributed by atoms with van der Waals surface area (Å²) in [5.74, 6) is -0.497. The normalized spacial score (nSPS) is 13.9. The molecule has 0 bridgehead atoms. The fraction of sp³-hybridized carbons (Fsp3) is 0.227. The molecule has 0 radical (unpaired) electrons. The minimum atomic E-state index is -0.497. The van der Waals surface area contributed by atoms with Crippen molar-refractivity contribution in [3.05, 3.63) is 76.5 Å². The number of thioether (sulfide) groups is 1. The highest BCUT2D eigenvalue weighted by atomic mass is 32.2. The predicted molar refractivity (Wildman–Crippen MR) is 119 cm³/mol. The number of oxime groups is 1. The number of hydrogen-bond acceptors (Lipinski definition) is 6. The maximum Gasteiger partial charge on any atom is 0.280 e. The number of rotatable bonds is 8. The molecule has 0 saturated heterocycles. The van der Waals surface area contributed by atoms with E-state index in [-0.39, 0.29) is 17.5 Å². The van der Waals surface area contributed by atoms with Crippen molar-refractivity contribution < 1.29 is 14.0 Å². The average Bonchev–Trinajstić information content (AvgIpc) is 3.46.